The smallest absolute Gasteiger partial charge is 0.340 e. The summed E-state index contributed by atoms with van der Waals surface area (Å²) in [7, 11) is 0. The molecule has 2 aliphatic rings. The zero-order valence-electron chi connectivity index (χ0n) is 19.2. The number of hydrogen-bond donors (Lipinski definition) is 0. The van der Waals surface area contributed by atoms with Crippen LogP contribution in [0.4, 0.5) is 0 Å². The van der Waals surface area contributed by atoms with Gasteiger partial charge < -0.3 is 9.47 Å². The molecule has 0 spiro atoms. The van der Waals surface area contributed by atoms with Gasteiger partial charge in [-0.3, -0.25) is 0 Å². The van der Waals surface area contributed by atoms with Crippen LogP contribution in [0.25, 0.3) is 0 Å². The molecule has 1 fully saturated rings. The molecule has 2 unspecified atom stereocenters. The molecule has 31 heavy (non-hydrogen) atoms. The van der Waals surface area contributed by atoms with E-state index in [-0.39, 0.29) is 17.3 Å². The second kappa shape index (κ2) is 7.67. The molecule has 2 aromatic carbocycles. The van der Waals surface area contributed by atoms with Crippen LogP contribution in [0.3, 0.4) is 0 Å². The molecule has 162 valence electrons. The summed E-state index contributed by atoms with van der Waals surface area (Å²) in [6, 6.07) is 11.2. The van der Waals surface area contributed by atoms with E-state index >= 15 is 0 Å². The molecule has 1 saturated carbocycles. The van der Waals surface area contributed by atoms with Crippen molar-refractivity contribution in [3.63, 3.8) is 0 Å². The Morgan fingerprint density at radius 3 is 1.45 bits per heavy atom. The van der Waals surface area contributed by atoms with Gasteiger partial charge in [-0.05, 0) is 104 Å². The van der Waals surface area contributed by atoms with Gasteiger partial charge >= 0.3 is 11.9 Å². The van der Waals surface area contributed by atoms with Gasteiger partial charge in [0.05, 0.1) is 11.1 Å². The van der Waals surface area contributed by atoms with Crippen LogP contribution in [0.1, 0.15) is 48.9 Å². The third-order valence-electron chi connectivity index (χ3n) is 7.34. The minimum absolute atomic E-state index is 0.00107. The predicted molar refractivity (Wildman–Crippen MR) is 120 cm³/mol. The van der Waals surface area contributed by atoms with Crippen molar-refractivity contribution in [3.8, 4) is 11.5 Å². The van der Waals surface area contributed by atoms with Crippen LogP contribution < -0.4 is 9.47 Å². The Morgan fingerprint density at radius 1 is 0.710 bits per heavy atom. The lowest BCUT2D eigenvalue weighted by Crippen LogP contribution is -2.24. The lowest BCUT2D eigenvalue weighted by Gasteiger charge is -2.25. The SMILES string of the molecule is Cc1ccc(OC(=O)C2=C(C(=O)Oc3ccc(C)c(C)c3)C3CCC2C3(C)C)cc1C. The van der Waals surface area contributed by atoms with Gasteiger partial charge in [-0.2, -0.15) is 0 Å². The average Bonchev–Trinajstić information content (AvgIpc) is 3.12. The molecule has 4 heteroatoms. The molecule has 0 heterocycles. The fourth-order valence-electron chi connectivity index (χ4n) is 5.11. The van der Waals surface area contributed by atoms with Gasteiger partial charge in [0, 0.05) is 0 Å². The standard InChI is InChI=1S/C27H30O4/c1-15-7-9-19(13-17(15)3)30-25(28)23-21-11-12-22(27(21,5)6)24(23)26(29)31-20-10-8-16(2)18(4)14-20/h7-10,13-14,21-22H,11-12H2,1-6H3. The second-order valence-corrected chi connectivity index (χ2v) is 9.60. The topological polar surface area (TPSA) is 52.6 Å². The fraction of sp³-hybridized carbons (Fsp3) is 0.407. The third kappa shape index (κ3) is 3.69. The number of esters is 2. The second-order valence-electron chi connectivity index (χ2n) is 9.60. The number of benzene rings is 2. The van der Waals surface area contributed by atoms with E-state index in [0.29, 0.717) is 22.6 Å². The highest BCUT2D eigenvalue weighted by Gasteiger charge is 2.57. The molecule has 0 aromatic heterocycles. The molecule has 4 rings (SSSR count). The maximum absolute atomic E-state index is 13.3. The number of rotatable bonds is 4. The van der Waals surface area contributed by atoms with Crippen LogP contribution in [0.5, 0.6) is 11.5 Å². The molecule has 0 amide bonds. The summed E-state index contributed by atoms with van der Waals surface area (Å²) in [4.78, 5) is 26.5. The van der Waals surface area contributed by atoms with Crippen LogP contribution in [0.2, 0.25) is 0 Å². The third-order valence-corrected chi connectivity index (χ3v) is 7.34. The molecule has 0 N–H and O–H groups in total. The molecule has 4 nitrogen and oxygen atoms in total. The van der Waals surface area contributed by atoms with E-state index in [4.69, 9.17) is 9.47 Å². The summed E-state index contributed by atoms with van der Waals surface area (Å²) in [5, 5.41) is 0. The van der Waals surface area contributed by atoms with E-state index < -0.39 is 11.9 Å². The average molecular weight is 419 g/mol. The van der Waals surface area contributed by atoms with E-state index in [1.807, 2.05) is 52.0 Å². The van der Waals surface area contributed by atoms with Gasteiger partial charge in [0.25, 0.3) is 0 Å². The zero-order chi connectivity index (χ0) is 22.5. The Balaban J connectivity index is 1.67. The van der Waals surface area contributed by atoms with Crippen LogP contribution in [0, 0.1) is 44.9 Å². The van der Waals surface area contributed by atoms with Gasteiger partial charge in [-0.15, -0.1) is 0 Å². The first kappa shape index (κ1) is 21.4. The molecule has 2 bridgehead atoms. The number of carbonyl (C=O) groups excluding carboxylic acids is 2. The summed E-state index contributed by atoms with van der Waals surface area (Å²) in [6.45, 7) is 12.3. The summed E-state index contributed by atoms with van der Waals surface area (Å²) in [6.07, 6.45) is 1.77. The van der Waals surface area contributed by atoms with E-state index in [1.165, 1.54) is 0 Å². The minimum Gasteiger partial charge on any atom is -0.423 e. The highest BCUT2D eigenvalue weighted by atomic mass is 16.5. The van der Waals surface area contributed by atoms with Crippen LogP contribution in [0.15, 0.2) is 47.5 Å². The first-order chi connectivity index (χ1) is 14.6. The van der Waals surface area contributed by atoms with Crippen molar-refractivity contribution in [1.82, 2.24) is 0 Å². The van der Waals surface area contributed by atoms with Gasteiger partial charge in [0.1, 0.15) is 11.5 Å². The fourth-order valence-corrected chi connectivity index (χ4v) is 5.11. The minimum atomic E-state index is -0.435. The maximum Gasteiger partial charge on any atom is 0.340 e. The van der Waals surface area contributed by atoms with Crippen molar-refractivity contribution >= 4 is 11.9 Å². The molecule has 2 aliphatic carbocycles. The summed E-state index contributed by atoms with van der Waals surface area (Å²) < 4.78 is 11.5. The molecule has 0 radical (unpaired) electrons. The Hall–Kier alpha value is -2.88. The van der Waals surface area contributed by atoms with Gasteiger partial charge in [-0.25, -0.2) is 9.59 Å². The van der Waals surface area contributed by atoms with Crippen LogP contribution in [-0.2, 0) is 9.59 Å². The monoisotopic (exact) mass is 418 g/mol. The summed E-state index contributed by atoms with van der Waals surface area (Å²) in [5.74, 6) is 0.134. The summed E-state index contributed by atoms with van der Waals surface area (Å²) in [5.41, 5.74) is 5.20. The zero-order valence-corrected chi connectivity index (χ0v) is 19.2. The first-order valence-corrected chi connectivity index (χ1v) is 10.9. The van der Waals surface area contributed by atoms with Gasteiger partial charge in [0.2, 0.25) is 0 Å². The molecule has 2 atom stereocenters. The number of carbonyl (C=O) groups is 2. The number of fused-ring (bicyclic) bond motifs is 2. The first-order valence-electron chi connectivity index (χ1n) is 10.9. The normalized spacial score (nSPS) is 21.4. The molecule has 0 saturated heterocycles. The Morgan fingerprint density at radius 2 is 1.10 bits per heavy atom. The number of ether oxygens (including phenoxy) is 2. The Labute approximate surface area is 184 Å². The maximum atomic E-state index is 13.3. The van der Waals surface area contributed by atoms with Crippen LogP contribution in [-0.4, -0.2) is 11.9 Å². The van der Waals surface area contributed by atoms with Crippen molar-refractivity contribution in [2.24, 2.45) is 17.3 Å². The van der Waals surface area contributed by atoms with Gasteiger partial charge in [0.15, 0.2) is 0 Å². The van der Waals surface area contributed by atoms with Crippen LogP contribution >= 0.6 is 0 Å². The van der Waals surface area contributed by atoms with Crippen molar-refractivity contribution in [3.05, 3.63) is 69.8 Å². The molecular weight excluding hydrogens is 388 g/mol. The Kier molecular flexibility index (Phi) is 5.28. The predicted octanol–water partition coefficient (Wildman–Crippen LogP) is 5.79. The van der Waals surface area contributed by atoms with Crippen molar-refractivity contribution in [1.29, 1.82) is 0 Å². The summed E-state index contributed by atoms with van der Waals surface area (Å²) >= 11 is 0. The molecular formula is C27H30O4. The lowest BCUT2D eigenvalue weighted by atomic mass is 9.79. The quantitative estimate of drug-likeness (QED) is 0.466. The van der Waals surface area contributed by atoms with Crippen molar-refractivity contribution < 1.29 is 19.1 Å². The highest BCUT2D eigenvalue weighted by molar-refractivity contribution is 6.04. The van der Waals surface area contributed by atoms with Gasteiger partial charge in [-0.1, -0.05) is 26.0 Å². The number of hydrogen-bond acceptors (Lipinski definition) is 4. The number of aryl methyl sites for hydroxylation is 4. The van der Waals surface area contributed by atoms with Crippen molar-refractivity contribution in [2.45, 2.75) is 54.4 Å². The Bertz CT molecular complexity index is 1020. The molecule has 0 aliphatic heterocycles. The lowest BCUT2D eigenvalue weighted by molar-refractivity contribution is -0.133. The molecule has 2 aromatic rings. The van der Waals surface area contributed by atoms with E-state index in [0.717, 1.165) is 35.1 Å². The highest BCUT2D eigenvalue weighted by Crippen LogP contribution is 2.60. The van der Waals surface area contributed by atoms with E-state index in [1.54, 1.807) is 12.1 Å². The largest absolute Gasteiger partial charge is 0.423 e. The van der Waals surface area contributed by atoms with E-state index in [2.05, 4.69) is 13.8 Å². The van der Waals surface area contributed by atoms with E-state index in [9.17, 15) is 9.59 Å². The van der Waals surface area contributed by atoms with Crippen molar-refractivity contribution in [2.75, 3.05) is 0 Å².